The molecule has 0 aliphatic rings. The summed E-state index contributed by atoms with van der Waals surface area (Å²) in [4.78, 5) is 9.82. The van der Waals surface area contributed by atoms with E-state index in [0.29, 0.717) is 5.56 Å². The van der Waals surface area contributed by atoms with Crippen LogP contribution in [-0.4, -0.2) is 4.92 Å². The maximum absolute atomic E-state index is 10.4. The predicted octanol–water partition coefficient (Wildman–Crippen LogP) is 1.42. The zero-order chi connectivity index (χ0) is 9.30. The van der Waals surface area contributed by atoms with E-state index in [4.69, 9.17) is 11.0 Å². The van der Waals surface area contributed by atoms with E-state index in [1.807, 2.05) is 6.07 Å². The summed E-state index contributed by atoms with van der Waals surface area (Å²) < 4.78 is 0. The van der Waals surface area contributed by atoms with Gasteiger partial charge in [0.15, 0.2) is 0 Å². The van der Waals surface area contributed by atoms with Crippen molar-refractivity contribution in [3.8, 4) is 6.07 Å². The normalized spacial score (nSPS) is 9.33. The Balaban J connectivity index is 3.39. The van der Waals surface area contributed by atoms with Crippen LogP contribution in [0, 0.1) is 28.4 Å². The van der Waals surface area contributed by atoms with Crippen molar-refractivity contribution in [2.75, 3.05) is 5.73 Å². The Bertz CT molecular complexity index is 377. The first-order chi connectivity index (χ1) is 5.57. The molecule has 0 bridgehead atoms. The van der Waals surface area contributed by atoms with E-state index in [2.05, 4.69) is 0 Å². The molecule has 0 saturated carbocycles. The maximum Gasteiger partial charge on any atom is 0.330 e. The van der Waals surface area contributed by atoms with Crippen LogP contribution in [0.2, 0.25) is 0 Å². The molecule has 12 heavy (non-hydrogen) atoms. The van der Waals surface area contributed by atoms with Gasteiger partial charge in [-0.2, -0.15) is 5.26 Å². The highest BCUT2D eigenvalue weighted by Crippen LogP contribution is 2.35. The highest BCUT2D eigenvalue weighted by Gasteiger charge is 2.20. The van der Waals surface area contributed by atoms with E-state index >= 15 is 0 Å². The number of anilines is 1. The van der Waals surface area contributed by atoms with Gasteiger partial charge in [0.25, 0.3) is 0 Å². The van der Waals surface area contributed by atoms with Crippen LogP contribution in [0.1, 0.15) is 11.1 Å². The fourth-order valence-corrected chi connectivity index (χ4v) is 1.68. The van der Waals surface area contributed by atoms with E-state index < -0.39 is 4.92 Å². The molecule has 6 heteroatoms. The number of nitrogen functional groups attached to an aromatic ring is 1. The Hall–Kier alpha value is -1.61. The van der Waals surface area contributed by atoms with Crippen LogP contribution in [0.4, 0.5) is 10.0 Å². The van der Waals surface area contributed by atoms with Crippen LogP contribution in [0.5, 0.6) is 0 Å². The van der Waals surface area contributed by atoms with Crippen molar-refractivity contribution >= 4 is 21.3 Å². The molecule has 0 fully saturated rings. The molecule has 0 spiro atoms. The summed E-state index contributed by atoms with van der Waals surface area (Å²) in [5.74, 6) is 0. The van der Waals surface area contributed by atoms with Crippen LogP contribution in [0.3, 0.4) is 0 Å². The quantitative estimate of drug-likeness (QED) is 0.526. The molecule has 0 aliphatic carbocycles. The number of nitriles is 1. The van der Waals surface area contributed by atoms with Crippen molar-refractivity contribution in [3.63, 3.8) is 0 Å². The van der Waals surface area contributed by atoms with E-state index in [0.717, 1.165) is 11.3 Å². The lowest BCUT2D eigenvalue weighted by Gasteiger charge is -1.85. The van der Waals surface area contributed by atoms with E-state index in [9.17, 15) is 10.1 Å². The molecule has 1 aromatic rings. The van der Waals surface area contributed by atoms with Gasteiger partial charge in [0, 0.05) is 0 Å². The molecule has 0 aliphatic heterocycles. The second-order valence-electron chi connectivity index (χ2n) is 2.14. The van der Waals surface area contributed by atoms with Gasteiger partial charge in [-0.05, 0) is 18.3 Å². The summed E-state index contributed by atoms with van der Waals surface area (Å²) in [6, 6.07) is 1.82. The molecule has 0 amide bonds. The summed E-state index contributed by atoms with van der Waals surface area (Å²) >= 11 is 0.830. The van der Waals surface area contributed by atoms with Crippen molar-refractivity contribution < 1.29 is 4.92 Å². The van der Waals surface area contributed by atoms with Gasteiger partial charge >= 0.3 is 5.00 Å². The molecule has 0 aromatic carbocycles. The standard InChI is InChI=1S/C6H5N3O2S/c1-3-4(2-7)5(8)12-6(3)9(10)11/h8H2,1H3. The van der Waals surface area contributed by atoms with Gasteiger partial charge in [-0.1, -0.05) is 0 Å². The van der Waals surface area contributed by atoms with Crippen molar-refractivity contribution in [2.24, 2.45) is 0 Å². The predicted molar refractivity (Wildman–Crippen MR) is 44.8 cm³/mol. The fourth-order valence-electron chi connectivity index (χ4n) is 0.837. The Labute approximate surface area is 72.2 Å². The Morgan fingerprint density at radius 2 is 2.33 bits per heavy atom. The van der Waals surface area contributed by atoms with E-state index in [-0.39, 0.29) is 15.6 Å². The highest BCUT2D eigenvalue weighted by atomic mass is 32.1. The molecule has 2 N–H and O–H groups in total. The minimum absolute atomic E-state index is 0.0518. The molecule has 0 atom stereocenters. The van der Waals surface area contributed by atoms with Gasteiger partial charge in [-0.3, -0.25) is 10.1 Å². The summed E-state index contributed by atoms with van der Waals surface area (Å²) in [5.41, 5.74) is 5.95. The van der Waals surface area contributed by atoms with Crippen molar-refractivity contribution in [1.82, 2.24) is 0 Å². The van der Waals surface area contributed by atoms with Crippen LogP contribution in [0.15, 0.2) is 0 Å². The summed E-state index contributed by atoms with van der Waals surface area (Å²) in [6.45, 7) is 1.52. The molecule has 1 heterocycles. The molecular weight excluding hydrogens is 178 g/mol. The third kappa shape index (κ3) is 1.10. The second-order valence-corrected chi connectivity index (χ2v) is 3.17. The van der Waals surface area contributed by atoms with Crippen LogP contribution < -0.4 is 5.73 Å². The average Bonchev–Trinajstić information content (AvgIpc) is 2.27. The van der Waals surface area contributed by atoms with Gasteiger partial charge in [0.1, 0.15) is 11.1 Å². The number of rotatable bonds is 1. The molecular formula is C6H5N3O2S. The zero-order valence-corrected chi connectivity index (χ0v) is 7.01. The first-order valence-electron chi connectivity index (χ1n) is 3.01. The van der Waals surface area contributed by atoms with Crippen molar-refractivity contribution in [1.29, 1.82) is 5.26 Å². The van der Waals surface area contributed by atoms with Crippen LogP contribution in [0.25, 0.3) is 0 Å². The minimum Gasteiger partial charge on any atom is -0.389 e. The van der Waals surface area contributed by atoms with Gasteiger partial charge in [0.05, 0.1) is 16.1 Å². The highest BCUT2D eigenvalue weighted by molar-refractivity contribution is 7.19. The number of thiophene rings is 1. The third-order valence-electron chi connectivity index (χ3n) is 1.43. The summed E-state index contributed by atoms with van der Waals surface area (Å²) in [5, 5.41) is 19.1. The summed E-state index contributed by atoms with van der Waals surface area (Å²) in [7, 11) is 0. The number of hydrogen-bond acceptors (Lipinski definition) is 5. The topological polar surface area (TPSA) is 92.9 Å². The zero-order valence-electron chi connectivity index (χ0n) is 6.20. The van der Waals surface area contributed by atoms with Gasteiger partial charge in [-0.25, -0.2) is 0 Å². The van der Waals surface area contributed by atoms with Gasteiger partial charge < -0.3 is 5.73 Å². The third-order valence-corrected chi connectivity index (χ3v) is 2.50. The molecule has 1 rings (SSSR count). The number of hydrogen-bond donors (Lipinski definition) is 1. The van der Waals surface area contributed by atoms with Crippen LogP contribution >= 0.6 is 11.3 Å². The first-order valence-corrected chi connectivity index (χ1v) is 3.83. The lowest BCUT2D eigenvalue weighted by atomic mass is 10.2. The SMILES string of the molecule is Cc1c([N+](=O)[O-])sc(N)c1C#N. The number of nitrogens with zero attached hydrogens (tertiary/aromatic N) is 2. The van der Waals surface area contributed by atoms with Crippen molar-refractivity contribution in [3.05, 3.63) is 21.2 Å². The fraction of sp³-hybridized carbons (Fsp3) is 0.167. The van der Waals surface area contributed by atoms with Gasteiger partial charge in [0.2, 0.25) is 0 Å². The minimum atomic E-state index is -0.531. The Kier molecular flexibility index (Phi) is 1.97. The molecule has 5 nitrogen and oxygen atoms in total. The smallest absolute Gasteiger partial charge is 0.330 e. The lowest BCUT2D eigenvalue weighted by Crippen LogP contribution is -1.87. The lowest BCUT2D eigenvalue weighted by molar-refractivity contribution is -0.380. The van der Waals surface area contributed by atoms with E-state index in [1.165, 1.54) is 6.92 Å². The molecule has 0 unspecified atom stereocenters. The van der Waals surface area contributed by atoms with Crippen LogP contribution in [-0.2, 0) is 0 Å². The molecule has 1 aromatic heterocycles. The molecule has 0 saturated heterocycles. The van der Waals surface area contributed by atoms with Gasteiger partial charge in [-0.15, -0.1) is 0 Å². The largest absolute Gasteiger partial charge is 0.389 e. The van der Waals surface area contributed by atoms with E-state index in [1.54, 1.807) is 0 Å². The molecule has 0 radical (unpaired) electrons. The second kappa shape index (κ2) is 2.79. The molecule has 62 valence electrons. The number of nitrogens with two attached hydrogens (primary N) is 1. The number of nitro groups is 1. The monoisotopic (exact) mass is 183 g/mol. The summed E-state index contributed by atoms with van der Waals surface area (Å²) in [6.07, 6.45) is 0. The Morgan fingerprint density at radius 1 is 1.75 bits per heavy atom. The first kappa shape index (κ1) is 8.49. The van der Waals surface area contributed by atoms with Crippen molar-refractivity contribution in [2.45, 2.75) is 6.92 Å². The maximum atomic E-state index is 10.4. The average molecular weight is 183 g/mol. The Morgan fingerprint density at radius 3 is 2.58 bits per heavy atom.